The first-order valence-corrected chi connectivity index (χ1v) is 17.6. The van der Waals surface area contributed by atoms with Crippen LogP contribution in [-0.2, 0) is 0 Å². The van der Waals surface area contributed by atoms with E-state index in [-0.39, 0.29) is 0 Å². The molecular formula is C44H24N6OS. The number of para-hydroxylation sites is 1. The van der Waals surface area contributed by atoms with Crippen LogP contribution in [0.15, 0.2) is 150 Å². The fourth-order valence-electron chi connectivity index (χ4n) is 6.73. The van der Waals surface area contributed by atoms with Crippen LogP contribution in [0.25, 0.3) is 99.1 Å². The van der Waals surface area contributed by atoms with Crippen molar-refractivity contribution in [1.82, 2.24) is 24.9 Å². The molecule has 7 nitrogen and oxygen atoms in total. The van der Waals surface area contributed by atoms with Gasteiger partial charge in [0, 0.05) is 48.7 Å². The van der Waals surface area contributed by atoms with E-state index in [0.29, 0.717) is 34.4 Å². The fraction of sp³-hybridized carbons (Fsp3) is 0. The van der Waals surface area contributed by atoms with Gasteiger partial charge in [-0.25, -0.2) is 24.9 Å². The van der Waals surface area contributed by atoms with E-state index < -0.39 is 0 Å². The molecule has 0 atom stereocenters. The minimum absolute atomic E-state index is 0.497. The van der Waals surface area contributed by atoms with E-state index in [9.17, 15) is 5.26 Å². The lowest BCUT2D eigenvalue weighted by molar-refractivity contribution is 0.670. The summed E-state index contributed by atoms with van der Waals surface area (Å²) in [5.41, 5.74) is 7.80. The standard InChI is InChI=1S/C44H24N6OS/c45-25-29-16-7-8-17-30(29)44-46-37-32-18-9-10-21-36(32)52-40(37)38(47-44)33-20-11-19-31-34-24-28(22-23-35(34)51-39(31)33)43-49-41(26-12-3-1-4-13-26)48-42(50-43)27-14-5-2-6-15-27/h1-24H. The van der Waals surface area contributed by atoms with Gasteiger partial charge < -0.3 is 4.42 Å². The Morgan fingerprint density at radius 3 is 1.88 bits per heavy atom. The minimum Gasteiger partial charge on any atom is -0.455 e. The first kappa shape index (κ1) is 29.8. The number of hydrogen-bond donors (Lipinski definition) is 0. The summed E-state index contributed by atoms with van der Waals surface area (Å²) in [5, 5.41) is 12.9. The molecule has 0 amide bonds. The molecule has 8 heteroatoms. The summed E-state index contributed by atoms with van der Waals surface area (Å²) in [6.07, 6.45) is 0. The molecule has 0 aliphatic carbocycles. The molecule has 0 N–H and O–H groups in total. The Balaban J connectivity index is 1.18. The van der Waals surface area contributed by atoms with Gasteiger partial charge in [-0.2, -0.15) is 5.26 Å². The monoisotopic (exact) mass is 684 g/mol. The maximum absolute atomic E-state index is 9.95. The van der Waals surface area contributed by atoms with Gasteiger partial charge in [0.1, 0.15) is 11.2 Å². The van der Waals surface area contributed by atoms with E-state index in [1.165, 1.54) is 0 Å². The topological polar surface area (TPSA) is 101 Å². The highest BCUT2D eigenvalue weighted by atomic mass is 32.1. The highest BCUT2D eigenvalue weighted by Crippen LogP contribution is 2.43. The molecule has 10 aromatic rings. The van der Waals surface area contributed by atoms with Gasteiger partial charge in [-0.05, 0) is 42.5 Å². The summed E-state index contributed by atoms with van der Waals surface area (Å²) >= 11 is 1.66. The van der Waals surface area contributed by atoms with Gasteiger partial charge in [-0.1, -0.05) is 103 Å². The van der Waals surface area contributed by atoms with E-state index in [2.05, 4.69) is 30.3 Å². The average molecular weight is 685 g/mol. The Morgan fingerprint density at radius 2 is 1.13 bits per heavy atom. The summed E-state index contributed by atoms with van der Waals surface area (Å²) in [6.45, 7) is 0. The quantitative estimate of drug-likeness (QED) is 0.178. The molecule has 0 spiro atoms. The van der Waals surface area contributed by atoms with E-state index >= 15 is 0 Å². The van der Waals surface area contributed by atoms with Crippen LogP contribution in [0.4, 0.5) is 0 Å². The SMILES string of the molecule is N#Cc1ccccc1-c1nc(-c2cccc3c2oc2ccc(-c4nc(-c5ccccc5)nc(-c5ccccc5)n4)cc23)c2sc3ccccc3c2n1. The van der Waals surface area contributed by atoms with Crippen molar-refractivity contribution in [1.29, 1.82) is 5.26 Å². The summed E-state index contributed by atoms with van der Waals surface area (Å²) in [7, 11) is 0. The number of benzene rings is 6. The van der Waals surface area contributed by atoms with Crippen molar-refractivity contribution in [2.75, 3.05) is 0 Å². The number of thiophene rings is 1. The zero-order valence-electron chi connectivity index (χ0n) is 27.4. The largest absolute Gasteiger partial charge is 0.455 e. The molecule has 52 heavy (non-hydrogen) atoms. The number of nitriles is 1. The van der Waals surface area contributed by atoms with Crippen LogP contribution in [0.1, 0.15) is 5.56 Å². The lowest BCUT2D eigenvalue weighted by Crippen LogP contribution is -2.00. The third-order valence-corrected chi connectivity index (χ3v) is 10.4. The first-order chi connectivity index (χ1) is 25.7. The van der Waals surface area contributed by atoms with Crippen molar-refractivity contribution in [3.63, 3.8) is 0 Å². The molecular weight excluding hydrogens is 661 g/mol. The van der Waals surface area contributed by atoms with Crippen LogP contribution in [0.2, 0.25) is 0 Å². The van der Waals surface area contributed by atoms with Crippen molar-refractivity contribution >= 4 is 53.6 Å². The second kappa shape index (κ2) is 12.1. The van der Waals surface area contributed by atoms with Crippen molar-refractivity contribution in [2.45, 2.75) is 0 Å². The van der Waals surface area contributed by atoms with E-state index in [1.54, 1.807) is 17.4 Å². The number of furan rings is 1. The molecule has 0 aliphatic heterocycles. The predicted octanol–water partition coefficient (Wildman–Crippen LogP) is 11.1. The Bertz CT molecular complexity index is 2980. The molecule has 0 saturated carbocycles. The van der Waals surface area contributed by atoms with Gasteiger partial charge in [0.2, 0.25) is 0 Å². The van der Waals surface area contributed by atoms with Crippen molar-refractivity contribution in [3.05, 3.63) is 151 Å². The zero-order valence-corrected chi connectivity index (χ0v) is 28.2. The van der Waals surface area contributed by atoms with Crippen LogP contribution in [0, 0.1) is 11.3 Å². The zero-order chi connectivity index (χ0) is 34.6. The highest BCUT2D eigenvalue weighted by molar-refractivity contribution is 7.26. The van der Waals surface area contributed by atoms with Crippen molar-refractivity contribution in [3.8, 4) is 62.9 Å². The highest BCUT2D eigenvalue weighted by Gasteiger charge is 2.22. The molecule has 0 unspecified atom stereocenters. The number of rotatable bonds is 5. The van der Waals surface area contributed by atoms with Crippen LogP contribution in [-0.4, -0.2) is 24.9 Å². The second-order valence-electron chi connectivity index (χ2n) is 12.4. The number of fused-ring (bicyclic) bond motifs is 6. The van der Waals surface area contributed by atoms with Gasteiger partial charge in [0.15, 0.2) is 23.3 Å². The van der Waals surface area contributed by atoms with Crippen LogP contribution < -0.4 is 0 Å². The number of nitrogens with zero attached hydrogens (tertiary/aromatic N) is 6. The smallest absolute Gasteiger partial charge is 0.164 e. The lowest BCUT2D eigenvalue weighted by Gasteiger charge is -2.08. The van der Waals surface area contributed by atoms with Crippen LogP contribution >= 0.6 is 11.3 Å². The molecule has 242 valence electrons. The molecule has 0 bridgehead atoms. The first-order valence-electron chi connectivity index (χ1n) is 16.7. The normalized spacial score (nSPS) is 11.4. The number of aromatic nitrogens is 5. The van der Waals surface area contributed by atoms with E-state index in [4.69, 9.17) is 29.3 Å². The summed E-state index contributed by atoms with van der Waals surface area (Å²) in [4.78, 5) is 25.0. The van der Waals surface area contributed by atoms with Crippen LogP contribution in [0.5, 0.6) is 0 Å². The molecule has 4 heterocycles. The Hall–Kier alpha value is -7.08. The maximum atomic E-state index is 9.95. The van der Waals surface area contributed by atoms with Crippen molar-refractivity contribution in [2.24, 2.45) is 0 Å². The fourth-order valence-corrected chi connectivity index (χ4v) is 7.88. The third-order valence-electron chi connectivity index (χ3n) is 9.22. The molecule has 4 aromatic heterocycles. The summed E-state index contributed by atoms with van der Waals surface area (Å²) < 4.78 is 8.74. The Labute approximate surface area is 301 Å². The maximum Gasteiger partial charge on any atom is 0.164 e. The average Bonchev–Trinajstić information content (AvgIpc) is 3.79. The van der Waals surface area contributed by atoms with Crippen molar-refractivity contribution < 1.29 is 4.42 Å². The number of hydrogen-bond acceptors (Lipinski definition) is 8. The molecule has 6 aromatic carbocycles. The van der Waals surface area contributed by atoms with E-state index in [0.717, 1.165) is 70.2 Å². The Kier molecular flexibility index (Phi) is 6.91. The molecule has 0 fully saturated rings. The van der Waals surface area contributed by atoms with Gasteiger partial charge in [-0.3, -0.25) is 0 Å². The third kappa shape index (κ3) is 4.91. The molecule has 0 saturated heterocycles. The Morgan fingerprint density at radius 1 is 0.500 bits per heavy atom. The second-order valence-corrected chi connectivity index (χ2v) is 13.4. The minimum atomic E-state index is 0.497. The molecule has 0 aliphatic rings. The lowest BCUT2D eigenvalue weighted by atomic mass is 10.0. The summed E-state index contributed by atoms with van der Waals surface area (Å²) in [5.74, 6) is 2.28. The predicted molar refractivity (Wildman–Crippen MR) is 207 cm³/mol. The van der Waals surface area contributed by atoms with Crippen LogP contribution in [0.3, 0.4) is 0 Å². The molecule has 10 rings (SSSR count). The molecule has 0 radical (unpaired) electrons. The summed E-state index contributed by atoms with van der Waals surface area (Å²) in [6, 6.07) is 50.2. The van der Waals surface area contributed by atoms with Gasteiger partial charge in [0.25, 0.3) is 0 Å². The van der Waals surface area contributed by atoms with E-state index in [1.807, 2.05) is 115 Å². The van der Waals surface area contributed by atoms with Gasteiger partial charge in [0.05, 0.1) is 27.5 Å². The van der Waals surface area contributed by atoms with Gasteiger partial charge >= 0.3 is 0 Å². The van der Waals surface area contributed by atoms with Gasteiger partial charge in [-0.15, -0.1) is 11.3 Å².